The summed E-state index contributed by atoms with van der Waals surface area (Å²) in [5.41, 5.74) is 4.72. The summed E-state index contributed by atoms with van der Waals surface area (Å²) in [5.74, 6) is -3.63. The molecule has 4 rings (SSSR count). The SMILES string of the molecule is COc1ccc(S[C@H]2OC(CO)[C@H](O)C(N3C=C(c4cc(F)c(F)c(F)c4)NN3)C2O)cc1. The summed E-state index contributed by atoms with van der Waals surface area (Å²) in [4.78, 5) is 0.757. The van der Waals surface area contributed by atoms with Crippen LogP contribution in [0, 0.1) is 17.5 Å². The van der Waals surface area contributed by atoms with Crippen molar-refractivity contribution in [3.8, 4) is 5.75 Å². The van der Waals surface area contributed by atoms with Gasteiger partial charge in [0.05, 0.1) is 19.4 Å². The Kier molecular flexibility index (Phi) is 7.02. The van der Waals surface area contributed by atoms with Crippen molar-refractivity contribution in [2.45, 2.75) is 34.7 Å². The minimum Gasteiger partial charge on any atom is -0.497 e. The van der Waals surface area contributed by atoms with Gasteiger partial charge >= 0.3 is 0 Å². The van der Waals surface area contributed by atoms with Gasteiger partial charge in [-0.05, 0) is 36.4 Å². The maximum atomic E-state index is 13.6. The molecule has 2 aromatic carbocycles. The minimum atomic E-state index is -1.58. The van der Waals surface area contributed by atoms with E-state index in [1.165, 1.54) is 23.0 Å². The second kappa shape index (κ2) is 9.79. The van der Waals surface area contributed by atoms with Crippen molar-refractivity contribution in [1.82, 2.24) is 16.0 Å². The smallest absolute Gasteiger partial charge is 0.194 e. The van der Waals surface area contributed by atoms with Crippen molar-refractivity contribution in [1.29, 1.82) is 0 Å². The molecular formula is C21H22F3N3O5S. The summed E-state index contributed by atoms with van der Waals surface area (Å²) in [5, 5.41) is 32.7. The number of ether oxygens (including phenoxy) is 2. The van der Waals surface area contributed by atoms with Gasteiger partial charge in [0.1, 0.15) is 35.5 Å². The summed E-state index contributed by atoms with van der Waals surface area (Å²) in [7, 11) is 1.54. The fourth-order valence-corrected chi connectivity index (χ4v) is 4.69. The Morgan fingerprint density at radius 3 is 2.36 bits per heavy atom. The Hall–Kier alpha value is -2.48. The number of nitrogens with one attached hydrogen (secondary N) is 2. The molecule has 1 fully saturated rings. The lowest BCUT2D eigenvalue weighted by molar-refractivity contribution is -0.189. The van der Waals surface area contributed by atoms with Crippen LogP contribution in [-0.4, -0.2) is 63.8 Å². The van der Waals surface area contributed by atoms with Crippen molar-refractivity contribution in [2.24, 2.45) is 0 Å². The number of hydrogen-bond donors (Lipinski definition) is 5. The van der Waals surface area contributed by atoms with E-state index in [0.29, 0.717) is 5.75 Å². The van der Waals surface area contributed by atoms with Crippen molar-refractivity contribution >= 4 is 17.5 Å². The minimum absolute atomic E-state index is 0.0142. The van der Waals surface area contributed by atoms with Crippen LogP contribution >= 0.6 is 11.8 Å². The van der Waals surface area contributed by atoms with Crippen LogP contribution in [0.3, 0.4) is 0 Å². The van der Waals surface area contributed by atoms with Crippen molar-refractivity contribution in [3.63, 3.8) is 0 Å². The molecule has 0 amide bonds. The fourth-order valence-electron chi connectivity index (χ4n) is 3.63. The number of thioether (sulfide) groups is 1. The zero-order chi connectivity index (χ0) is 23.7. The van der Waals surface area contributed by atoms with Gasteiger partial charge < -0.3 is 30.2 Å². The number of aliphatic hydroxyl groups is 3. The molecule has 3 unspecified atom stereocenters. The second-order valence-corrected chi connectivity index (χ2v) is 8.60. The van der Waals surface area contributed by atoms with Gasteiger partial charge in [-0.1, -0.05) is 11.8 Å². The molecule has 5 atom stereocenters. The lowest BCUT2D eigenvalue weighted by atomic mass is 9.97. The first kappa shape index (κ1) is 23.7. The van der Waals surface area contributed by atoms with Crippen LogP contribution in [0.1, 0.15) is 5.56 Å². The van der Waals surface area contributed by atoms with Gasteiger partial charge in [0, 0.05) is 16.7 Å². The van der Waals surface area contributed by atoms with E-state index in [2.05, 4.69) is 11.0 Å². The Morgan fingerprint density at radius 1 is 1.09 bits per heavy atom. The summed E-state index contributed by atoms with van der Waals surface area (Å²) < 4.78 is 51.4. The van der Waals surface area contributed by atoms with E-state index in [0.717, 1.165) is 17.0 Å². The van der Waals surface area contributed by atoms with E-state index in [-0.39, 0.29) is 11.3 Å². The molecule has 0 saturated carbocycles. The molecule has 0 spiro atoms. The van der Waals surface area contributed by atoms with Crippen molar-refractivity contribution in [2.75, 3.05) is 13.7 Å². The average Bonchev–Trinajstić information content (AvgIpc) is 3.29. The molecule has 2 heterocycles. The third-order valence-electron chi connectivity index (χ3n) is 5.36. The van der Waals surface area contributed by atoms with E-state index in [1.807, 2.05) is 0 Å². The van der Waals surface area contributed by atoms with Gasteiger partial charge in [-0.2, -0.15) is 0 Å². The van der Waals surface area contributed by atoms with Gasteiger partial charge in [0.25, 0.3) is 0 Å². The number of benzene rings is 2. The van der Waals surface area contributed by atoms with Crippen LogP contribution in [0.25, 0.3) is 5.70 Å². The normalized spacial score (nSPS) is 27.3. The zero-order valence-corrected chi connectivity index (χ0v) is 18.1. The maximum absolute atomic E-state index is 13.6. The molecular weight excluding hydrogens is 463 g/mol. The Bertz CT molecular complexity index is 1010. The summed E-state index contributed by atoms with van der Waals surface area (Å²) in [6, 6.07) is 7.67. The molecule has 33 heavy (non-hydrogen) atoms. The molecule has 0 bridgehead atoms. The third-order valence-corrected chi connectivity index (χ3v) is 6.53. The molecule has 5 N–H and O–H groups in total. The van der Waals surface area contributed by atoms with Gasteiger partial charge in [-0.15, -0.1) is 5.53 Å². The fraction of sp³-hybridized carbons (Fsp3) is 0.333. The first-order valence-corrected chi connectivity index (χ1v) is 10.8. The molecule has 178 valence electrons. The maximum Gasteiger partial charge on any atom is 0.194 e. The van der Waals surface area contributed by atoms with Crippen LogP contribution in [0.2, 0.25) is 0 Å². The van der Waals surface area contributed by atoms with Crippen LogP contribution in [0.4, 0.5) is 13.2 Å². The Morgan fingerprint density at radius 2 is 1.76 bits per heavy atom. The Balaban J connectivity index is 1.57. The number of hydrazine groups is 2. The molecule has 12 heteroatoms. The number of nitrogens with zero attached hydrogens (tertiary/aromatic N) is 1. The second-order valence-electron chi connectivity index (χ2n) is 7.43. The highest BCUT2D eigenvalue weighted by Gasteiger charge is 2.48. The predicted octanol–water partition coefficient (Wildman–Crippen LogP) is 1.34. The van der Waals surface area contributed by atoms with Crippen LogP contribution in [0.15, 0.2) is 47.5 Å². The van der Waals surface area contributed by atoms with Gasteiger partial charge in [-0.3, -0.25) is 5.01 Å². The number of hydrogen-bond acceptors (Lipinski definition) is 9. The van der Waals surface area contributed by atoms with E-state index < -0.39 is 53.8 Å². The van der Waals surface area contributed by atoms with Crippen molar-refractivity contribution in [3.05, 3.63) is 65.6 Å². The van der Waals surface area contributed by atoms with Gasteiger partial charge in [0.2, 0.25) is 0 Å². The van der Waals surface area contributed by atoms with E-state index in [9.17, 15) is 28.5 Å². The van der Waals surface area contributed by atoms with Crippen molar-refractivity contribution < 1.29 is 38.0 Å². The lowest BCUT2D eigenvalue weighted by Gasteiger charge is -2.45. The largest absolute Gasteiger partial charge is 0.497 e. The molecule has 1 saturated heterocycles. The number of methoxy groups -OCH3 is 1. The van der Waals surface area contributed by atoms with Gasteiger partial charge in [-0.25, -0.2) is 13.2 Å². The molecule has 0 aliphatic carbocycles. The van der Waals surface area contributed by atoms with Crippen LogP contribution in [-0.2, 0) is 4.74 Å². The van der Waals surface area contributed by atoms with Crippen LogP contribution in [0.5, 0.6) is 5.75 Å². The topological polar surface area (TPSA) is 106 Å². The van der Waals surface area contributed by atoms with E-state index in [1.54, 1.807) is 31.4 Å². The molecule has 0 aromatic heterocycles. The predicted molar refractivity (Wildman–Crippen MR) is 113 cm³/mol. The van der Waals surface area contributed by atoms with Crippen LogP contribution < -0.4 is 15.7 Å². The highest BCUT2D eigenvalue weighted by Crippen LogP contribution is 2.36. The summed E-state index contributed by atoms with van der Waals surface area (Å²) >= 11 is 1.19. The summed E-state index contributed by atoms with van der Waals surface area (Å²) in [6.07, 6.45) is -2.20. The number of aliphatic hydroxyl groups excluding tert-OH is 3. The number of rotatable bonds is 6. The standard InChI is InChI=1S/C21H22F3N3O5S/c1-31-11-2-4-12(5-3-11)33-21-20(30)18(19(29)16(9-28)32-21)27-8-15(25-26-27)10-6-13(22)17(24)14(23)7-10/h2-8,16,18-21,25-26,28-30H,9H2,1H3/t16?,18?,19-,20?,21+/m0/s1. The monoisotopic (exact) mass is 485 g/mol. The lowest BCUT2D eigenvalue weighted by Crippen LogP contribution is -2.65. The molecule has 0 radical (unpaired) electrons. The highest BCUT2D eigenvalue weighted by atomic mass is 32.2. The molecule has 2 aromatic rings. The zero-order valence-electron chi connectivity index (χ0n) is 17.3. The van der Waals surface area contributed by atoms with E-state index in [4.69, 9.17) is 9.47 Å². The first-order chi connectivity index (χ1) is 15.8. The van der Waals surface area contributed by atoms with Gasteiger partial charge in [0.15, 0.2) is 17.5 Å². The summed E-state index contributed by atoms with van der Waals surface area (Å²) in [6.45, 7) is -0.504. The quantitative estimate of drug-likeness (QED) is 0.388. The molecule has 8 nitrogen and oxygen atoms in total. The average molecular weight is 485 g/mol. The first-order valence-electron chi connectivity index (χ1n) is 9.92. The molecule has 2 aliphatic rings. The Labute approximate surface area is 191 Å². The van der Waals surface area contributed by atoms with E-state index >= 15 is 0 Å². The molecule has 2 aliphatic heterocycles. The number of halogens is 3. The third kappa shape index (κ3) is 4.76. The highest BCUT2D eigenvalue weighted by molar-refractivity contribution is 7.99.